The van der Waals surface area contributed by atoms with Crippen LogP contribution in [0.5, 0.6) is 0 Å². The highest BCUT2D eigenvalue weighted by atomic mass is 79.9. The van der Waals surface area contributed by atoms with Gasteiger partial charge in [-0.1, -0.05) is 70.5 Å². The quantitative estimate of drug-likeness (QED) is 0.288. The molecule has 0 radical (unpaired) electrons. The first-order chi connectivity index (χ1) is 20.3. The summed E-state index contributed by atoms with van der Waals surface area (Å²) in [5, 5.41) is 3.10. The molecule has 12 heteroatoms. The third-order valence-corrected chi connectivity index (χ3v) is 9.61. The van der Waals surface area contributed by atoms with E-state index in [0.717, 1.165) is 56.5 Å². The van der Waals surface area contributed by atoms with Crippen LogP contribution in [-0.4, -0.2) is 83.6 Å². The number of ketones is 1. The van der Waals surface area contributed by atoms with Crippen molar-refractivity contribution < 1.29 is 23.9 Å². The van der Waals surface area contributed by atoms with Crippen molar-refractivity contribution in [2.75, 3.05) is 44.8 Å². The van der Waals surface area contributed by atoms with E-state index in [1.54, 1.807) is 12.1 Å². The minimum Gasteiger partial charge on any atom is -0.463 e. The van der Waals surface area contributed by atoms with Gasteiger partial charge in [0.05, 0.1) is 34.2 Å². The molecule has 2 heterocycles. The first-order valence-corrected chi connectivity index (χ1v) is 15.9. The average molecular weight is 680 g/mol. The fourth-order valence-electron chi connectivity index (χ4n) is 5.82. The maximum Gasteiger partial charge on any atom is 0.331 e. The molecule has 2 aromatic rings. The van der Waals surface area contributed by atoms with Crippen molar-refractivity contribution in [3.05, 3.63) is 57.8 Å². The van der Waals surface area contributed by atoms with Gasteiger partial charge in [-0.2, -0.15) is 0 Å². The lowest BCUT2D eigenvalue weighted by molar-refractivity contribution is -0.146. The van der Waals surface area contributed by atoms with Crippen LogP contribution in [0.15, 0.2) is 41.7 Å². The van der Waals surface area contributed by atoms with Crippen LogP contribution in [0, 0.1) is 5.41 Å². The number of carbonyl (C=O) groups is 3. The van der Waals surface area contributed by atoms with Gasteiger partial charge in [-0.25, -0.2) is 4.79 Å². The Morgan fingerprint density at radius 3 is 2.45 bits per heavy atom. The van der Waals surface area contributed by atoms with Crippen LogP contribution in [0.2, 0.25) is 10.0 Å². The van der Waals surface area contributed by atoms with E-state index in [9.17, 15) is 14.4 Å². The van der Waals surface area contributed by atoms with Gasteiger partial charge in [0.15, 0.2) is 11.8 Å². The standard InChI is InChI=1S/C30H33BrCl2N4O5/c31-25-26(30(27(25)38)8-2-1-3-9-30)36-23(29(40)42-15-12-37-10-13-41-14-11-37)16-19-4-6-20(7-5-19)35-28(39)24-21(32)17-34-18-22(24)33/h4-7,17-18,23,25H,1-3,8-16H2,(H,35,39)/t23-,25?/m0/s1. The molecule has 2 saturated carbocycles. The lowest BCUT2D eigenvalue weighted by Gasteiger charge is -2.48. The highest BCUT2D eigenvalue weighted by Crippen LogP contribution is 2.49. The topological polar surface area (TPSA) is 110 Å². The molecule has 9 nitrogen and oxygen atoms in total. The number of hydrogen-bond acceptors (Lipinski definition) is 8. The summed E-state index contributed by atoms with van der Waals surface area (Å²) in [4.78, 5) is 49.6. The van der Waals surface area contributed by atoms with Crippen LogP contribution >= 0.6 is 39.1 Å². The molecule has 1 saturated heterocycles. The summed E-state index contributed by atoms with van der Waals surface area (Å²) in [7, 11) is 0. The second kappa shape index (κ2) is 13.9. The van der Waals surface area contributed by atoms with Crippen molar-refractivity contribution in [1.29, 1.82) is 0 Å². The number of nitrogens with zero attached hydrogens (tertiary/aromatic N) is 3. The molecule has 3 fully saturated rings. The molecule has 1 spiro atoms. The summed E-state index contributed by atoms with van der Waals surface area (Å²) in [5.41, 5.74) is 1.71. The summed E-state index contributed by atoms with van der Waals surface area (Å²) in [5.74, 6) is -0.709. The Hall–Kier alpha value is -2.37. The number of amides is 1. The summed E-state index contributed by atoms with van der Waals surface area (Å²) in [6, 6.07) is 6.34. The average Bonchev–Trinajstić information content (AvgIpc) is 3.00. The third kappa shape index (κ3) is 6.89. The fraction of sp³-hybridized carbons (Fsp3) is 0.500. The van der Waals surface area contributed by atoms with Crippen LogP contribution in [0.1, 0.15) is 48.0 Å². The van der Waals surface area contributed by atoms with Gasteiger partial charge in [-0.05, 0) is 30.5 Å². The molecule has 1 unspecified atom stereocenters. The van der Waals surface area contributed by atoms with Crippen LogP contribution in [-0.2, 0) is 25.5 Å². The van der Waals surface area contributed by atoms with Crippen LogP contribution in [0.4, 0.5) is 5.69 Å². The number of rotatable bonds is 9. The Morgan fingerprint density at radius 2 is 1.79 bits per heavy atom. The monoisotopic (exact) mass is 678 g/mol. The number of nitrogens with one attached hydrogen (secondary N) is 1. The van der Waals surface area contributed by atoms with Crippen molar-refractivity contribution in [2.24, 2.45) is 10.4 Å². The molecule has 0 bridgehead atoms. The maximum atomic E-state index is 13.4. The molecule has 1 aromatic carbocycles. The van der Waals surface area contributed by atoms with Crippen molar-refractivity contribution >= 4 is 68.2 Å². The number of morpholine rings is 1. The molecular weight excluding hydrogens is 647 g/mol. The highest BCUT2D eigenvalue weighted by Gasteiger charge is 2.58. The molecule has 1 N–H and O–H groups in total. The highest BCUT2D eigenvalue weighted by molar-refractivity contribution is 9.10. The number of pyridine rings is 1. The number of ether oxygens (including phenoxy) is 2. The Labute approximate surface area is 263 Å². The second-order valence-electron chi connectivity index (χ2n) is 10.9. The van der Waals surface area contributed by atoms with E-state index in [1.165, 1.54) is 12.4 Å². The smallest absolute Gasteiger partial charge is 0.331 e. The van der Waals surface area contributed by atoms with E-state index in [4.69, 9.17) is 37.7 Å². The SMILES string of the molecule is O=C(Nc1ccc(C[C@H](N=C2C(Br)C(=O)C23CCCCC3)C(=O)OCCN2CCOCC2)cc1)c1c(Cl)cncc1Cl. The number of esters is 1. The van der Waals surface area contributed by atoms with E-state index < -0.39 is 28.2 Å². The molecule has 3 aliphatic rings. The number of aromatic nitrogens is 1. The zero-order chi connectivity index (χ0) is 29.7. The Kier molecular flexibility index (Phi) is 10.3. The van der Waals surface area contributed by atoms with Gasteiger partial charge in [-0.15, -0.1) is 0 Å². The van der Waals surface area contributed by atoms with E-state index in [1.807, 2.05) is 12.1 Å². The van der Waals surface area contributed by atoms with Crippen LogP contribution in [0.25, 0.3) is 0 Å². The number of hydrogen-bond donors (Lipinski definition) is 1. The van der Waals surface area contributed by atoms with Gasteiger partial charge in [0.1, 0.15) is 11.4 Å². The molecule has 5 rings (SSSR count). The Bertz CT molecular complexity index is 1320. The summed E-state index contributed by atoms with van der Waals surface area (Å²) in [6.07, 6.45) is 7.60. The zero-order valence-electron chi connectivity index (χ0n) is 23.1. The lowest BCUT2D eigenvalue weighted by Crippen LogP contribution is -2.61. The number of carbonyl (C=O) groups excluding carboxylic acids is 3. The van der Waals surface area contributed by atoms with Gasteiger partial charge in [0, 0.05) is 49.8 Å². The number of alkyl halides is 1. The third-order valence-electron chi connectivity index (χ3n) is 8.18. The van der Waals surface area contributed by atoms with Crippen molar-refractivity contribution in [1.82, 2.24) is 9.88 Å². The minimum absolute atomic E-state index is 0.143. The Balaban J connectivity index is 1.30. The first kappa shape index (κ1) is 31.1. The number of halogens is 3. The molecule has 224 valence electrons. The fourth-order valence-corrected chi connectivity index (χ4v) is 7.35. The predicted octanol–water partition coefficient (Wildman–Crippen LogP) is 5.16. The van der Waals surface area contributed by atoms with E-state index >= 15 is 0 Å². The lowest BCUT2D eigenvalue weighted by atomic mass is 9.58. The molecular formula is C30H33BrCl2N4O5. The zero-order valence-corrected chi connectivity index (χ0v) is 26.2. The second-order valence-corrected chi connectivity index (χ2v) is 12.6. The van der Waals surface area contributed by atoms with Crippen molar-refractivity contribution in [3.63, 3.8) is 0 Å². The van der Waals surface area contributed by atoms with Crippen LogP contribution < -0.4 is 5.32 Å². The molecule has 1 aromatic heterocycles. The number of aliphatic imine (C=N–C) groups is 1. The maximum absolute atomic E-state index is 13.4. The molecule has 2 atom stereocenters. The number of benzene rings is 1. The molecule has 1 aliphatic heterocycles. The Morgan fingerprint density at radius 1 is 1.12 bits per heavy atom. The van der Waals surface area contributed by atoms with E-state index in [-0.39, 0.29) is 28.0 Å². The van der Waals surface area contributed by atoms with Crippen molar-refractivity contribution in [2.45, 2.75) is 49.4 Å². The van der Waals surface area contributed by atoms with Crippen LogP contribution in [0.3, 0.4) is 0 Å². The van der Waals surface area contributed by atoms with Gasteiger partial charge in [0.2, 0.25) is 0 Å². The normalized spacial score (nSPS) is 22.0. The van der Waals surface area contributed by atoms with Gasteiger partial charge in [-0.3, -0.25) is 24.5 Å². The predicted molar refractivity (Wildman–Crippen MR) is 165 cm³/mol. The minimum atomic E-state index is -0.800. The van der Waals surface area contributed by atoms with Gasteiger partial charge >= 0.3 is 5.97 Å². The summed E-state index contributed by atoms with van der Waals surface area (Å²) >= 11 is 15.8. The largest absolute Gasteiger partial charge is 0.463 e. The summed E-state index contributed by atoms with van der Waals surface area (Å²) in [6.45, 7) is 3.84. The molecule has 1 amide bonds. The summed E-state index contributed by atoms with van der Waals surface area (Å²) < 4.78 is 11.1. The van der Waals surface area contributed by atoms with Gasteiger partial charge < -0.3 is 14.8 Å². The number of anilines is 1. The molecule has 2 aliphatic carbocycles. The van der Waals surface area contributed by atoms with E-state index in [0.29, 0.717) is 31.9 Å². The first-order valence-electron chi connectivity index (χ1n) is 14.2. The van der Waals surface area contributed by atoms with E-state index in [2.05, 4.69) is 31.1 Å². The van der Waals surface area contributed by atoms with Gasteiger partial charge in [0.25, 0.3) is 5.91 Å². The molecule has 42 heavy (non-hydrogen) atoms. The number of Topliss-reactive ketones (excluding diaryl/α,β-unsaturated/α-hetero) is 1. The van der Waals surface area contributed by atoms with Crippen molar-refractivity contribution in [3.8, 4) is 0 Å².